The largest absolute Gasteiger partial charge is 0.493 e. The average Bonchev–Trinajstić information content (AvgIpc) is 2.27. The maximum atomic E-state index is 12.0. The van der Waals surface area contributed by atoms with Crippen molar-refractivity contribution in [3.63, 3.8) is 0 Å². The first-order chi connectivity index (χ1) is 8.81. The summed E-state index contributed by atoms with van der Waals surface area (Å²) in [6.45, 7) is 6.29. The molecule has 1 radical (unpaired) electrons. The van der Waals surface area contributed by atoms with E-state index in [4.69, 9.17) is 9.47 Å². The van der Waals surface area contributed by atoms with Crippen molar-refractivity contribution >= 4 is 22.4 Å². The van der Waals surface area contributed by atoms with Gasteiger partial charge in [-0.3, -0.25) is 0 Å². The summed E-state index contributed by atoms with van der Waals surface area (Å²) in [7, 11) is -3.17. The molecular weight excluding hydrogens is 280 g/mol. The standard InChI is InChI=1S/C13H21O4SSi/c1-6-17-13-9-11(7-8-12(13)16-4)19(10(2)3)18(5,14)15/h7-10H,6H2,1-5H3. The number of benzene rings is 1. The molecule has 19 heavy (non-hydrogen) atoms. The monoisotopic (exact) mass is 301 g/mol. The molecule has 1 rings (SSSR count). The molecule has 0 heterocycles. The van der Waals surface area contributed by atoms with Crippen LogP contribution in [0.1, 0.15) is 20.8 Å². The van der Waals surface area contributed by atoms with E-state index < -0.39 is 17.2 Å². The Morgan fingerprint density at radius 1 is 1.26 bits per heavy atom. The van der Waals surface area contributed by atoms with Crippen LogP contribution in [0.3, 0.4) is 0 Å². The summed E-state index contributed by atoms with van der Waals surface area (Å²) in [6.07, 6.45) is 1.31. The van der Waals surface area contributed by atoms with Gasteiger partial charge in [-0.15, -0.1) is 0 Å². The van der Waals surface area contributed by atoms with Gasteiger partial charge in [0.2, 0.25) is 7.95 Å². The quantitative estimate of drug-likeness (QED) is 0.751. The summed E-state index contributed by atoms with van der Waals surface area (Å²) < 4.78 is 34.7. The van der Waals surface area contributed by atoms with Crippen LogP contribution in [0.25, 0.3) is 0 Å². The number of hydrogen-bond acceptors (Lipinski definition) is 4. The molecule has 0 saturated heterocycles. The van der Waals surface area contributed by atoms with E-state index in [9.17, 15) is 8.42 Å². The zero-order chi connectivity index (χ0) is 14.6. The van der Waals surface area contributed by atoms with E-state index >= 15 is 0 Å². The van der Waals surface area contributed by atoms with Crippen molar-refractivity contribution in [2.75, 3.05) is 20.0 Å². The second-order valence-electron chi connectivity index (χ2n) is 4.59. The van der Waals surface area contributed by atoms with E-state index in [1.807, 2.05) is 26.8 Å². The van der Waals surface area contributed by atoms with Gasteiger partial charge in [-0.05, 0) is 29.8 Å². The molecule has 0 amide bonds. The Bertz CT molecular complexity index is 525. The lowest BCUT2D eigenvalue weighted by Gasteiger charge is -2.18. The molecule has 0 bridgehead atoms. The predicted octanol–water partition coefficient (Wildman–Crippen LogP) is 1.75. The van der Waals surface area contributed by atoms with Gasteiger partial charge in [0.05, 0.1) is 13.7 Å². The summed E-state index contributed by atoms with van der Waals surface area (Å²) in [4.78, 5) is 0. The van der Waals surface area contributed by atoms with Crippen LogP contribution in [-0.4, -0.2) is 36.3 Å². The van der Waals surface area contributed by atoms with Crippen LogP contribution in [0.2, 0.25) is 5.54 Å². The van der Waals surface area contributed by atoms with E-state index in [0.717, 1.165) is 5.19 Å². The van der Waals surface area contributed by atoms with Crippen molar-refractivity contribution in [3.8, 4) is 11.5 Å². The fourth-order valence-electron chi connectivity index (χ4n) is 2.07. The van der Waals surface area contributed by atoms with Crippen LogP contribution in [0.4, 0.5) is 0 Å². The van der Waals surface area contributed by atoms with Crippen LogP contribution < -0.4 is 14.7 Å². The van der Waals surface area contributed by atoms with Crippen LogP contribution in [0.15, 0.2) is 18.2 Å². The zero-order valence-corrected chi connectivity index (χ0v) is 13.9. The third-order valence-electron chi connectivity index (χ3n) is 2.67. The molecule has 0 aliphatic carbocycles. The Kier molecular flexibility index (Phi) is 5.43. The summed E-state index contributed by atoms with van der Waals surface area (Å²) in [5, 5.41) is 0.840. The molecule has 0 aromatic heterocycles. The molecule has 0 unspecified atom stereocenters. The van der Waals surface area contributed by atoms with Gasteiger partial charge >= 0.3 is 0 Å². The van der Waals surface area contributed by atoms with Gasteiger partial charge in [0, 0.05) is 6.26 Å². The third-order valence-corrected chi connectivity index (χ3v) is 9.92. The Morgan fingerprint density at radius 2 is 1.89 bits per heavy atom. The van der Waals surface area contributed by atoms with Gasteiger partial charge in [0.15, 0.2) is 11.5 Å². The van der Waals surface area contributed by atoms with Gasteiger partial charge < -0.3 is 9.47 Å². The molecule has 0 aliphatic heterocycles. The average molecular weight is 301 g/mol. The molecule has 107 valence electrons. The molecule has 1 aromatic carbocycles. The van der Waals surface area contributed by atoms with Crippen molar-refractivity contribution < 1.29 is 17.9 Å². The minimum Gasteiger partial charge on any atom is -0.493 e. The molecular formula is C13H21O4SSi. The van der Waals surface area contributed by atoms with Gasteiger partial charge in [-0.2, -0.15) is 0 Å². The van der Waals surface area contributed by atoms with Gasteiger partial charge in [-0.1, -0.05) is 19.9 Å². The highest BCUT2D eigenvalue weighted by Crippen LogP contribution is 2.26. The number of ether oxygens (including phenoxy) is 2. The maximum Gasteiger partial charge on any atom is 0.241 e. The lowest BCUT2D eigenvalue weighted by Crippen LogP contribution is -2.40. The molecule has 6 heteroatoms. The fraction of sp³-hybridized carbons (Fsp3) is 0.538. The summed E-state index contributed by atoms with van der Waals surface area (Å²) in [6, 6.07) is 5.41. The minimum atomic E-state index is -3.06. The topological polar surface area (TPSA) is 52.6 Å². The van der Waals surface area contributed by atoms with Crippen LogP contribution >= 0.6 is 0 Å². The first-order valence-electron chi connectivity index (χ1n) is 6.19. The number of hydrogen-bond donors (Lipinski definition) is 0. The smallest absolute Gasteiger partial charge is 0.241 e. The van der Waals surface area contributed by atoms with E-state index in [1.54, 1.807) is 19.2 Å². The van der Waals surface area contributed by atoms with Crippen molar-refractivity contribution in [2.24, 2.45) is 0 Å². The molecule has 0 fully saturated rings. The van der Waals surface area contributed by atoms with Crippen LogP contribution in [0.5, 0.6) is 11.5 Å². The Hall–Kier alpha value is -1.01. The van der Waals surface area contributed by atoms with Crippen molar-refractivity contribution in [2.45, 2.75) is 26.3 Å². The van der Waals surface area contributed by atoms with Gasteiger partial charge in [-0.25, -0.2) is 8.42 Å². The zero-order valence-electron chi connectivity index (χ0n) is 12.1. The van der Waals surface area contributed by atoms with E-state index in [0.29, 0.717) is 18.1 Å². The summed E-state index contributed by atoms with van der Waals surface area (Å²) in [5.74, 6) is 1.23. The highest BCUT2D eigenvalue weighted by Gasteiger charge is 2.30. The van der Waals surface area contributed by atoms with Gasteiger partial charge in [0.25, 0.3) is 0 Å². The van der Waals surface area contributed by atoms with Crippen molar-refractivity contribution in [1.29, 1.82) is 0 Å². The Morgan fingerprint density at radius 3 is 2.32 bits per heavy atom. The fourth-order valence-corrected chi connectivity index (χ4v) is 8.78. The summed E-state index contributed by atoms with van der Waals surface area (Å²) >= 11 is 0. The first kappa shape index (κ1) is 16.0. The molecule has 0 N–H and O–H groups in total. The molecule has 4 nitrogen and oxygen atoms in total. The Balaban J connectivity index is 3.29. The van der Waals surface area contributed by atoms with E-state index in [-0.39, 0.29) is 5.54 Å². The second kappa shape index (κ2) is 6.43. The molecule has 0 saturated carbocycles. The molecule has 0 atom stereocenters. The number of rotatable bonds is 6. The molecule has 1 aromatic rings. The van der Waals surface area contributed by atoms with E-state index in [1.165, 1.54) is 6.26 Å². The molecule has 0 aliphatic rings. The predicted molar refractivity (Wildman–Crippen MR) is 79.5 cm³/mol. The van der Waals surface area contributed by atoms with Crippen LogP contribution in [0, 0.1) is 0 Å². The Labute approximate surface area is 116 Å². The minimum absolute atomic E-state index is 0.0999. The maximum absolute atomic E-state index is 12.0. The van der Waals surface area contributed by atoms with Gasteiger partial charge in [0.1, 0.15) is 9.29 Å². The number of methoxy groups -OCH3 is 1. The third kappa shape index (κ3) is 3.97. The lowest BCUT2D eigenvalue weighted by atomic mass is 10.3. The van der Waals surface area contributed by atoms with Crippen LogP contribution in [-0.2, 0) is 9.29 Å². The lowest BCUT2D eigenvalue weighted by molar-refractivity contribution is 0.311. The second-order valence-corrected chi connectivity index (χ2v) is 12.1. The van der Waals surface area contributed by atoms with E-state index in [2.05, 4.69) is 0 Å². The van der Waals surface area contributed by atoms with Crippen molar-refractivity contribution in [3.05, 3.63) is 18.2 Å². The summed E-state index contributed by atoms with van der Waals surface area (Å²) in [5.41, 5.74) is 0.0999. The normalized spacial score (nSPS) is 11.9. The van der Waals surface area contributed by atoms with Crippen molar-refractivity contribution in [1.82, 2.24) is 0 Å². The SMILES string of the molecule is CCOc1cc([Si](C(C)C)S(C)(=O)=O)ccc1OC. The highest BCUT2D eigenvalue weighted by molar-refractivity contribution is 8.19. The molecule has 0 spiro atoms. The first-order valence-corrected chi connectivity index (χ1v) is 10.4. The highest BCUT2D eigenvalue weighted by atomic mass is 32.4.